The van der Waals surface area contributed by atoms with E-state index in [4.69, 9.17) is 0 Å². The normalized spacial score (nSPS) is 23.3. The Morgan fingerprint density at radius 3 is 2.82 bits per heavy atom. The number of rotatable bonds is 3. The number of hydrogen-bond acceptors (Lipinski definition) is 3. The second kappa shape index (κ2) is 7.12. The van der Waals surface area contributed by atoms with Crippen LogP contribution in [0.2, 0.25) is 0 Å². The summed E-state index contributed by atoms with van der Waals surface area (Å²) in [6, 6.07) is 4.45. The van der Waals surface area contributed by atoms with Gasteiger partial charge in [0.15, 0.2) is 0 Å². The molecule has 1 aromatic heterocycles. The molecule has 1 aliphatic carbocycles. The van der Waals surface area contributed by atoms with E-state index in [0.717, 1.165) is 25.2 Å². The molecule has 1 amide bonds. The largest absolute Gasteiger partial charge is 0.382 e. The van der Waals surface area contributed by atoms with Gasteiger partial charge in [0.05, 0.1) is 0 Å². The Labute approximate surface area is 133 Å². The van der Waals surface area contributed by atoms with Crippen LogP contribution in [0.25, 0.3) is 0 Å². The van der Waals surface area contributed by atoms with Crippen LogP contribution in [-0.2, 0) is 0 Å². The fourth-order valence-corrected chi connectivity index (χ4v) is 3.66. The molecule has 3 rings (SSSR count). The van der Waals surface area contributed by atoms with E-state index in [2.05, 4.69) is 17.2 Å². The molecule has 1 unspecified atom stereocenters. The Morgan fingerprint density at radius 2 is 2.05 bits per heavy atom. The van der Waals surface area contributed by atoms with Crippen LogP contribution in [0.4, 0.5) is 5.69 Å². The zero-order chi connectivity index (χ0) is 15.4. The van der Waals surface area contributed by atoms with Gasteiger partial charge in [0.1, 0.15) is 5.69 Å². The van der Waals surface area contributed by atoms with Crippen LogP contribution < -0.4 is 5.32 Å². The van der Waals surface area contributed by atoms with Crippen molar-refractivity contribution in [3.05, 3.63) is 24.0 Å². The predicted octanol–water partition coefficient (Wildman–Crippen LogP) is 3.70. The molecule has 0 aromatic carbocycles. The van der Waals surface area contributed by atoms with Crippen LogP contribution in [0.5, 0.6) is 0 Å². The highest BCUT2D eigenvalue weighted by Gasteiger charge is 2.23. The molecule has 22 heavy (non-hydrogen) atoms. The molecule has 2 heterocycles. The van der Waals surface area contributed by atoms with E-state index in [9.17, 15) is 4.79 Å². The Bertz CT molecular complexity index is 511. The number of amides is 1. The molecule has 0 spiro atoms. The number of pyridine rings is 1. The van der Waals surface area contributed by atoms with E-state index in [0.29, 0.717) is 17.7 Å². The van der Waals surface area contributed by atoms with Crippen molar-refractivity contribution >= 4 is 11.6 Å². The number of carbonyl (C=O) groups is 1. The molecule has 2 fully saturated rings. The molecule has 1 aromatic rings. The van der Waals surface area contributed by atoms with E-state index < -0.39 is 0 Å². The molecular formula is C18H27N3O. The smallest absolute Gasteiger partial charge is 0.272 e. The van der Waals surface area contributed by atoms with Crippen LogP contribution >= 0.6 is 0 Å². The summed E-state index contributed by atoms with van der Waals surface area (Å²) in [6.45, 7) is 3.94. The summed E-state index contributed by atoms with van der Waals surface area (Å²) < 4.78 is 0. The summed E-state index contributed by atoms with van der Waals surface area (Å²) in [5, 5.41) is 3.58. The lowest BCUT2D eigenvalue weighted by Crippen LogP contribution is -2.39. The van der Waals surface area contributed by atoms with Gasteiger partial charge in [-0.1, -0.05) is 26.2 Å². The minimum Gasteiger partial charge on any atom is -0.382 e. The molecule has 4 heteroatoms. The van der Waals surface area contributed by atoms with Crippen LogP contribution in [0.1, 0.15) is 62.4 Å². The minimum atomic E-state index is 0.0823. The Balaban J connectivity index is 1.66. The van der Waals surface area contributed by atoms with Crippen molar-refractivity contribution in [3.8, 4) is 0 Å². The van der Waals surface area contributed by atoms with Crippen LogP contribution in [0, 0.1) is 5.92 Å². The van der Waals surface area contributed by atoms with Gasteiger partial charge in [0.2, 0.25) is 0 Å². The Hall–Kier alpha value is -1.58. The second-order valence-corrected chi connectivity index (χ2v) is 6.91. The van der Waals surface area contributed by atoms with E-state index in [-0.39, 0.29) is 5.91 Å². The molecule has 120 valence electrons. The topological polar surface area (TPSA) is 45.2 Å². The van der Waals surface area contributed by atoms with Crippen molar-refractivity contribution in [2.24, 2.45) is 5.92 Å². The molecule has 1 atom stereocenters. The fourth-order valence-electron chi connectivity index (χ4n) is 3.66. The first-order valence-electron chi connectivity index (χ1n) is 8.74. The number of anilines is 1. The van der Waals surface area contributed by atoms with Gasteiger partial charge in [-0.3, -0.25) is 9.78 Å². The van der Waals surface area contributed by atoms with Crippen LogP contribution in [-0.4, -0.2) is 34.9 Å². The van der Waals surface area contributed by atoms with Crippen molar-refractivity contribution in [1.82, 2.24) is 9.88 Å². The van der Waals surface area contributed by atoms with Crippen molar-refractivity contribution in [3.63, 3.8) is 0 Å². The van der Waals surface area contributed by atoms with E-state index in [1.807, 2.05) is 17.0 Å². The Morgan fingerprint density at radius 1 is 1.23 bits per heavy atom. The van der Waals surface area contributed by atoms with E-state index in [1.165, 1.54) is 38.5 Å². The SMILES string of the molecule is CC1CCCN(C(=O)c2cc(NC3CCCCC3)ccn2)C1. The second-order valence-electron chi connectivity index (χ2n) is 6.91. The maximum absolute atomic E-state index is 12.6. The van der Waals surface area contributed by atoms with Gasteiger partial charge < -0.3 is 10.2 Å². The van der Waals surface area contributed by atoms with E-state index >= 15 is 0 Å². The highest BCUT2D eigenvalue weighted by Crippen LogP contribution is 2.22. The standard InChI is InChI=1S/C18H27N3O/c1-14-6-5-11-21(13-14)18(22)17-12-16(9-10-19-17)20-15-7-3-2-4-8-15/h9-10,12,14-15H,2-8,11,13H2,1H3,(H,19,20). The number of piperidine rings is 1. The lowest BCUT2D eigenvalue weighted by Gasteiger charge is -2.30. The lowest BCUT2D eigenvalue weighted by atomic mass is 9.95. The average Bonchev–Trinajstić information content (AvgIpc) is 2.55. The molecule has 1 N–H and O–H groups in total. The van der Waals surface area contributed by atoms with Gasteiger partial charge in [-0.2, -0.15) is 0 Å². The van der Waals surface area contributed by atoms with Crippen molar-refractivity contribution in [2.75, 3.05) is 18.4 Å². The van der Waals surface area contributed by atoms with Gasteiger partial charge >= 0.3 is 0 Å². The van der Waals surface area contributed by atoms with Crippen molar-refractivity contribution in [2.45, 2.75) is 57.9 Å². The third-order valence-electron chi connectivity index (χ3n) is 4.90. The molecule has 4 nitrogen and oxygen atoms in total. The monoisotopic (exact) mass is 301 g/mol. The molecule has 1 aliphatic heterocycles. The predicted molar refractivity (Wildman–Crippen MR) is 89.0 cm³/mol. The first-order chi connectivity index (χ1) is 10.7. The number of aromatic nitrogens is 1. The summed E-state index contributed by atoms with van der Waals surface area (Å²) in [7, 11) is 0. The van der Waals surface area contributed by atoms with Crippen LogP contribution in [0.3, 0.4) is 0 Å². The van der Waals surface area contributed by atoms with Gasteiger partial charge in [0.25, 0.3) is 5.91 Å². The summed E-state index contributed by atoms with van der Waals surface area (Å²) in [6.07, 6.45) is 10.5. The number of nitrogens with one attached hydrogen (secondary N) is 1. The average molecular weight is 301 g/mol. The molecule has 2 aliphatic rings. The summed E-state index contributed by atoms with van der Waals surface area (Å²) in [5.41, 5.74) is 1.62. The van der Waals surface area contributed by atoms with Gasteiger partial charge in [0, 0.05) is 31.0 Å². The molecule has 0 radical (unpaired) electrons. The highest BCUT2D eigenvalue weighted by molar-refractivity contribution is 5.93. The zero-order valence-corrected chi connectivity index (χ0v) is 13.6. The van der Waals surface area contributed by atoms with Gasteiger partial charge in [-0.25, -0.2) is 0 Å². The van der Waals surface area contributed by atoms with Crippen molar-refractivity contribution < 1.29 is 4.79 Å². The number of carbonyl (C=O) groups excluding carboxylic acids is 1. The van der Waals surface area contributed by atoms with E-state index in [1.54, 1.807) is 6.20 Å². The maximum Gasteiger partial charge on any atom is 0.272 e. The molecular weight excluding hydrogens is 274 g/mol. The van der Waals surface area contributed by atoms with Gasteiger partial charge in [-0.05, 0) is 43.7 Å². The third kappa shape index (κ3) is 3.79. The first kappa shape index (κ1) is 15.3. The molecule has 1 saturated carbocycles. The summed E-state index contributed by atoms with van der Waals surface area (Å²) >= 11 is 0. The summed E-state index contributed by atoms with van der Waals surface area (Å²) in [5.74, 6) is 0.681. The summed E-state index contributed by atoms with van der Waals surface area (Å²) in [4.78, 5) is 18.9. The molecule has 0 bridgehead atoms. The zero-order valence-electron chi connectivity index (χ0n) is 13.6. The molecule has 1 saturated heterocycles. The van der Waals surface area contributed by atoms with Gasteiger partial charge in [-0.15, -0.1) is 0 Å². The number of hydrogen-bond donors (Lipinski definition) is 1. The lowest BCUT2D eigenvalue weighted by molar-refractivity contribution is 0.0677. The Kier molecular flexibility index (Phi) is 4.96. The number of likely N-dealkylation sites (tertiary alicyclic amines) is 1. The fraction of sp³-hybridized carbons (Fsp3) is 0.667. The van der Waals surface area contributed by atoms with Crippen molar-refractivity contribution in [1.29, 1.82) is 0 Å². The first-order valence-corrected chi connectivity index (χ1v) is 8.74. The third-order valence-corrected chi connectivity index (χ3v) is 4.90. The minimum absolute atomic E-state index is 0.0823. The quantitative estimate of drug-likeness (QED) is 0.926. The maximum atomic E-state index is 12.6. The van der Waals surface area contributed by atoms with Crippen LogP contribution in [0.15, 0.2) is 18.3 Å². The number of nitrogens with zero attached hydrogens (tertiary/aromatic N) is 2. The highest BCUT2D eigenvalue weighted by atomic mass is 16.2.